The molecular formula is C22H38F2O4. The van der Waals surface area contributed by atoms with E-state index in [1.54, 1.807) is 13.0 Å². The van der Waals surface area contributed by atoms with E-state index in [2.05, 4.69) is 6.92 Å². The molecule has 0 bridgehead atoms. The number of hydrogen-bond donors (Lipinski definition) is 3. The van der Waals surface area contributed by atoms with Gasteiger partial charge in [0.05, 0.1) is 11.7 Å². The van der Waals surface area contributed by atoms with Crippen LogP contribution in [-0.4, -0.2) is 39.4 Å². The van der Waals surface area contributed by atoms with Crippen LogP contribution in [0.2, 0.25) is 0 Å². The fraction of sp³-hybridized carbons (Fsp3) is 0.864. The van der Waals surface area contributed by atoms with Crippen molar-refractivity contribution in [2.24, 2.45) is 11.3 Å². The number of halogens is 2. The summed E-state index contributed by atoms with van der Waals surface area (Å²) in [7, 11) is 0. The SMILES string of the molecule is CCCCCC(C)(O)CC[C@@]1(C(F)F)CC[C@H](O)[C@H]1CC=CCCCC(=O)O. The van der Waals surface area contributed by atoms with Gasteiger partial charge < -0.3 is 15.3 Å². The minimum atomic E-state index is -2.54. The Morgan fingerprint density at radius 1 is 1.25 bits per heavy atom. The lowest BCUT2D eigenvalue weighted by Crippen LogP contribution is -2.39. The second-order valence-electron chi connectivity index (χ2n) is 8.69. The molecule has 0 radical (unpaired) electrons. The first-order chi connectivity index (χ1) is 13.1. The molecule has 1 fully saturated rings. The number of unbranched alkanes of at least 4 members (excludes halogenated alkanes) is 3. The number of carboxylic acid groups (broad SMARTS) is 1. The van der Waals surface area contributed by atoms with Crippen molar-refractivity contribution >= 4 is 5.97 Å². The zero-order valence-corrected chi connectivity index (χ0v) is 17.4. The molecule has 0 heterocycles. The molecule has 1 aliphatic rings. The van der Waals surface area contributed by atoms with Gasteiger partial charge in [-0.1, -0.05) is 38.3 Å². The topological polar surface area (TPSA) is 77.8 Å². The van der Waals surface area contributed by atoms with Crippen molar-refractivity contribution in [3.63, 3.8) is 0 Å². The molecule has 28 heavy (non-hydrogen) atoms. The molecule has 164 valence electrons. The minimum Gasteiger partial charge on any atom is -0.481 e. The molecule has 0 aliphatic heterocycles. The van der Waals surface area contributed by atoms with Crippen LogP contribution in [0.3, 0.4) is 0 Å². The van der Waals surface area contributed by atoms with Gasteiger partial charge in [0, 0.05) is 11.8 Å². The van der Waals surface area contributed by atoms with Gasteiger partial charge in [0.2, 0.25) is 6.43 Å². The highest BCUT2D eigenvalue weighted by molar-refractivity contribution is 5.66. The van der Waals surface area contributed by atoms with Crippen LogP contribution in [0.4, 0.5) is 8.78 Å². The number of rotatable bonds is 14. The van der Waals surface area contributed by atoms with E-state index in [1.165, 1.54) is 0 Å². The third kappa shape index (κ3) is 7.78. The summed E-state index contributed by atoms with van der Waals surface area (Å²) >= 11 is 0. The average molecular weight is 405 g/mol. The fourth-order valence-corrected chi connectivity index (χ4v) is 4.38. The molecule has 0 aromatic rings. The summed E-state index contributed by atoms with van der Waals surface area (Å²) in [6.07, 6.45) is 6.58. The number of carbonyl (C=O) groups is 1. The molecule has 4 nitrogen and oxygen atoms in total. The lowest BCUT2D eigenvalue weighted by Gasteiger charge is -2.38. The molecule has 4 atom stereocenters. The Hall–Kier alpha value is -1.01. The standard InChI is InChI=1S/C22H38F2O4/c1-3-4-9-13-21(2,28)15-16-22(20(23)24)14-12-18(25)17(22)10-7-5-6-8-11-19(26)27/h5,7,17-18,20,25,28H,3-4,6,8-16H2,1-2H3,(H,26,27)/t17-,18+,21?,22+/m1/s1. The Morgan fingerprint density at radius 2 is 1.96 bits per heavy atom. The summed E-state index contributed by atoms with van der Waals surface area (Å²) < 4.78 is 28.3. The molecular weight excluding hydrogens is 366 g/mol. The van der Waals surface area contributed by atoms with E-state index >= 15 is 0 Å². The van der Waals surface area contributed by atoms with Gasteiger partial charge in [-0.3, -0.25) is 4.79 Å². The van der Waals surface area contributed by atoms with Crippen molar-refractivity contribution in [1.29, 1.82) is 0 Å². The van der Waals surface area contributed by atoms with Crippen LogP contribution in [0.15, 0.2) is 12.2 Å². The van der Waals surface area contributed by atoms with Crippen molar-refractivity contribution in [2.45, 2.75) is 109 Å². The zero-order valence-electron chi connectivity index (χ0n) is 17.4. The number of carboxylic acids is 1. The predicted octanol–water partition coefficient (Wildman–Crippen LogP) is 5.32. The highest BCUT2D eigenvalue weighted by atomic mass is 19.3. The highest BCUT2D eigenvalue weighted by Gasteiger charge is 2.53. The monoisotopic (exact) mass is 404 g/mol. The molecule has 1 saturated carbocycles. The Balaban J connectivity index is 2.69. The van der Waals surface area contributed by atoms with E-state index in [0.29, 0.717) is 38.5 Å². The Labute approximate surface area is 168 Å². The summed E-state index contributed by atoms with van der Waals surface area (Å²) in [5.74, 6) is -1.38. The molecule has 3 N–H and O–H groups in total. The number of allylic oxidation sites excluding steroid dienone is 2. The molecule has 1 aliphatic carbocycles. The molecule has 0 saturated heterocycles. The smallest absolute Gasteiger partial charge is 0.303 e. The molecule has 0 aromatic heterocycles. The number of aliphatic carboxylic acids is 1. The minimum absolute atomic E-state index is 0.0878. The second kappa shape index (κ2) is 11.9. The van der Waals surface area contributed by atoms with Crippen LogP contribution >= 0.6 is 0 Å². The number of hydrogen-bond acceptors (Lipinski definition) is 3. The van der Waals surface area contributed by atoms with E-state index < -0.39 is 35.4 Å². The number of aliphatic hydroxyl groups is 2. The maximum absolute atomic E-state index is 14.1. The van der Waals surface area contributed by atoms with Crippen LogP contribution in [0.5, 0.6) is 0 Å². The summed E-state index contributed by atoms with van der Waals surface area (Å²) in [5.41, 5.74) is -2.22. The molecule has 0 amide bonds. The van der Waals surface area contributed by atoms with Gasteiger partial charge in [-0.2, -0.15) is 0 Å². The van der Waals surface area contributed by atoms with Gasteiger partial charge in [0.1, 0.15) is 0 Å². The van der Waals surface area contributed by atoms with E-state index in [-0.39, 0.29) is 19.3 Å². The maximum Gasteiger partial charge on any atom is 0.303 e. The Kier molecular flexibility index (Phi) is 10.6. The van der Waals surface area contributed by atoms with E-state index in [4.69, 9.17) is 5.11 Å². The Bertz CT molecular complexity index is 493. The van der Waals surface area contributed by atoms with Gasteiger partial charge in [0.25, 0.3) is 0 Å². The van der Waals surface area contributed by atoms with E-state index in [0.717, 1.165) is 19.3 Å². The first-order valence-electron chi connectivity index (χ1n) is 10.7. The first-order valence-corrected chi connectivity index (χ1v) is 10.7. The average Bonchev–Trinajstić information content (AvgIpc) is 2.93. The third-order valence-electron chi connectivity index (χ3n) is 6.31. The first kappa shape index (κ1) is 25.0. The lowest BCUT2D eigenvalue weighted by molar-refractivity contribution is -0.137. The van der Waals surface area contributed by atoms with Gasteiger partial charge >= 0.3 is 5.97 Å². The van der Waals surface area contributed by atoms with Crippen LogP contribution in [0.25, 0.3) is 0 Å². The van der Waals surface area contributed by atoms with E-state index in [9.17, 15) is 23.8 Å². The predicted molar refractivity (Wildman–Crippen MR) is 106 cm³/mol. The highest BCUT2D eigenvalue weighted by Crippen LogP contribution is 2.53. The van der Waals surface area contributed by atoms with Crippen molar-refractivity contribution in [1.82, 2.24) is 0 Å². The summed E-state index contributed by atoms with van der Waals surface area (Å²) in [5, 5.41) is 29.6. The van der Waals surface area contributed by atoms with Gasteiger partial charge in [-0.05, 0) is 64.2 Å². The molecule has 0 aromatic carbocycles. The van der Waals surface area contributed by atoms with Crippen molar-refractivity contribution in [2.75, 3.05) is 0 Å². The molecule has 0 spiro atoms. The summed E-state index contributed by atoms with van der Waals surface area (Å²) in [6, 6.07) is 0. The number of alkyl halides is 2. The van der Waals surface area contributed by atoms with Crippen LogP contribution in [-0.2, 0) is 4.79 Å². The summed E-state index contributed by atoms with van der Waals surface area (Å²) in [6.45, 7) is 3.81. The van der Waals surface area contributed by atoms with Gasteiger partial charge in [-0.15, -0.1) is 0 Å². The largest absolute Gasteiger partial charge is 0.481 e. The van der Waals surface area contributed by atoms with Gasteiger partial charge in [-0.25, -0.2) is 8.78 Å². The van der Waals surface area contributed by atoms with Crippen LogP contribution in [0.1, 0.15) is 90.9 Å². The third-order valence-corrected chi connectivity index (χ3v) is 6.31. The van der Waals surface area contributed by atoms with Crippen molar-refractivity contribution in [3.8, 4) is 0 Å². The molecule has 6 heteroatoms. The Morgan fingerprint density at radius 3 is 2.57 bits per heavy atom. The second-order valence-corrected chi connectivity index (χ2v) is 8.69. The molecule has 1 unspecified atom stereocenters. The van der Waals surface area contributed by atoms with Crippen molar-refractivity contribution in [3.05, 3.63) is 12.2 Å². The quantitative estimate of drug-likeness (QED) is 0.270. The molecule has 1 rings (SSSR count). The normalized spacial score (nSPS) is 27.5. The maximum atomic E-state index is 14.1. The van der Waals surface area contributed by atoms with E-state index in [1.807, 2.05) is 6.08 Å². The summed E-state index contributed by atoms with van der Waals surface area (Å²) in [4.78, 5) is 10.5. The van der Waals surface area contributed by atoms with Crippen LogP contribution in [0, 0.1) is 11.3 Å². The number of aliphatic hydroxyl groups excluding tert-OH is 1. The lowest BCUT2D eigenvalue weighted by atomic mass is 9.70. The van der Waals surface area contributed by atoms with Gasteiger partial charge in [0.15, 0.2) is 0 Å². The fourth-order valence-electron chi connectivity index (χ4n) is 4.38. The van der Waals surface area contributed by atoms with Crippen LogP contribution < -0.4 is 0 Å². The van der Waals surface area contributed by atoms with Crippen molar-refractivity contribution < 1.29 is 28.9 Å². The zero-order chi connectivity index (χ0) is 21.2.